The smallest absolute Gasteiger partial charge is 0.410 e. The SMILES string of the molecule is C=C(C)c1cccc(C(C)(C)NC(=O)Oc2ccccc2CC(C)CC)c1. The number of para-hydroxylation sites is 1. The van der Waals surface area contributed by atoms with Crippen LogP contribution in [0, 0.1) is 5.92 Å². The third kappa shape index (κ3) is 5.72. The molecule has 3 heteroatoms. The van der Waals surface area contributed by atoms with Gasteiger partial charge in [-0.05, 0) is 61.9 Å². The van der Waals surface area contributed by atoms with Gasteiger partial charge in [0.1, 0.15) is 5.75 Å². The van der Waals surface area contributed by atoms with E-state index in [4.69, 9.17) is 4.74 Å². The summed E-state index contributed by atoms with van der Waals surface area (Å²) in [6.45, 7) is 14.3. The first-order valence-corrected chi connectivity index (χ1v) is 9.57. The van der Waals surface area contributed by atoms with Crippen molar-refractivity contribution >= 4 is 11.7 Å². The van der Waals surface area contributed by atoms with Gasteiger partial charge in [-0.15, -0.1) is 0 Å². The Kier molecular flexibility index (Phi) is 6.84. The molecule has 0 heterocycles. The maximum absolute atomic E-state index is 12.6. The minimum Gasteiger partial charge on any atom is -0.410 e. The van der Waals surface area contributed by atoms with Crippen LogP contribution in [0.15, 0.2) is 55.1 Å². The Hall–Kier alpha value is -2.55. The summed E-state index contributed by atoms with van der Waals surface area (Å²) in [7, 11) is 0. The zero-order valence-electron chi connectivity index (χ0n) is 17.1. The van der Waals surface area contributed by atoms with Gasteiger partial charge in [0.15, 0.2) is 0 Å². The fourth-order valence-electron chi connectivity index (χ4n) is 2.92. The molecule has 0 aliphatic heterocycles. The molecule has 2 aromatic carbocycles. The second kappa shape index (κ2) is 8.90. The Morgan fingerprint density at radius 3 is 2.56 bits per heavy atom. The second-order valence-electron chi connectivity index (χ2n) is 7.83. The highest BCUT2D eigenvalue weighted by atomic mass is 16.6. The Labute approximate surface area is 163 Å². The highest BCUT2D eigenvalue weighted by Gasteiger charge is 2.24. The number of amides is 1. The molecule has 0 bridgehead atoms. The minimum absolute atomic E-state index is 0.447. The number of nitrogens with one attached hydrogen (secondary N) is 1. The third-order valence-electron chi connectivity index (χ3n) is 4.93. The highest BCUT2D eigenvalue weighted by Crippen LogP contribution is 2.25. The van der Waals surface area contributed by atoms with Crippen LogP contribution in [0.5, 0.6) is 5.75 Å². The molecule has 3 nitrogen and oxygen atoms in total. The van der Waals surface area contributed by atoms with Gasteiger partial charge >= 0.3 is 6.09 Å². The summed E-state index contributed by atoms with van der Waals surface area (Å²) < 4.78 is 5.66. The van der Waals surface area contributed by atoms with Gasteiger partial charge < -0.3 is 10.1 Å². The molecule has 144 valence electrons. The van der Waals surface area contributed by atoms with E-state index in [1.54, 1.807) is 0 Å². The molecule has 27 heavy (non-hydrogen) atoms. The summed E-state index contributed by atoms with van der Waals surface area (Å²) >= 11 is 0. The average Bonchev–Trinajstić information content (AvgIpc) is 2.62. The Balaban J connectivity index is 2.13. The van der Waals surface area contributed by atoms with E-state index in [1.165, 1.54) is 0 Å². The van der Waals surface area contributed by atoms with E-state index in [1.807, 2.05) is 63.2 Å². The number of allylic oxidation sites excluding steroid dienone is 1. The number of rotatable bonds is 7. The standard InChI is InChI=1S/C24H31NO2/c1-7-18(4)15-20-11-8-9-14-22(20)27-23(26)25-24(5,6)21-13-10-12-19(16-21)17(2)3/h8-14,16,18H,2,7,15H2,1,3-6H3,(H,25,26). The van der Waals surface area contributed by atoms with Crippen molar-refractivity contribution < 1.29 is 9.53 Å². The number of hydrogen-bond donors (Lipinski definition) is 1. The predicted octanol–water partition coefficient (Wildman–Crippen LogP) is 6.33. The molecule has 0 aliphatic carbocycles. The lowest BCUT2D eigenvalue weighted by Gasteiger charge is -2.27. The van der Waals surface area contributed by atoms with Crippen LogP contribution >= 0.6 is 0 Å². The van der Waals surface area contributed by atoms with Crippen molar-refractivity contribution in [1.29, 1.82) is 0 Å². The summed E-state index contributed by atoms with van der Waals surface area (Å²) in [4.78, 5) is 12.6. The third-order valence-corrected chi connectivity index (χ3v) is 4.93. The average molecular weight is 366 g/mol. The molecule has 2 aromatic rings. The van der Waals surface area contributed by atoms with Crippen molar-refractivity contribution in [3.63, 3.8) is 0 Å². The van der Waals surface area contributed by atoms with Gasteiger partial charge in [-0.3, -0.25) is 0 Å². The molecular formula is C24H31NO2. The van der Waals surface area contributed by atoms with Gasteiger partial charge in [-0.25, -0.2) is 4.79 Å². The van der Waals surface area contributed by atoms with Crippen LogP contribution in [0.2, 0.25) is 0 Å². The highest BCUT2D eigenvalue weighted by molar-refractivity contribution is 5.72. The molecule has 0 saturated carbocycles. The van der Waals surface area contributed by atoms with Gasteiger partial charge in [-0.1, -0.05) is 68.8 Å². The van der Waals surface area contributed by atoms with Gasteiger partial charge in [0.25, 0.3) is 0 Å². The monoisotopic (exact) mass is 365 g/mol. The Bertz CT molecular complexity index is 808. The normalized spacial score (nSPS) is 12.3. The van der Waals surface area contributed by atoms with Crippen LogP contribution in [0.3, 0.4) is 0 Å². The molecule has 0 aliphatic rings. The minimum atomic E-state index is -0.561. The molecule has 1 amide bonds. The van der Waals surface area contributed by atoms with Crippen LogP contribution < -0.4 is 10.1 Å². The Morgan fingerprint density at radius 1 is 1.19 bits per heavy atom. The molecule has 1 unspecified atom stereocenters. The van der Waals surface area contributed by atoms with E-state index in [-0.39, 0.29) is 0 Å². The first-order chi connectivity index (χ1) is 12.7. The van der Waals surface area contributed by atoms with Crippen molar-refractivity contribution in [2.24, 2.45) is 5.92 Å². The maximum atomic E-state index is 12.6. The van der Waals surface area contributed by atoms with Crippen LogP contribution in [-0.4, -0.2) is 6.09 Å². The molecule has 0 saturated heterocycles. The van der Waals surface area contributed by atoms with E-state index < -0.39 is 11.6 Å². The van der Waals surface area contributed by atoms with Gasteiger partial charge in [0.2, 0.25) is 0 Å². The molecule has 1 atom stereocenters. The number of hydrogen-bond acceptors (Lipinski definition) is 2. The van der Waals surface area contributed by atoms with Crippen LogP contribution in [0.1, 0.15) is 57.7 Å². The van der Waals surface area contributed by atoms with Crippen molar-refractivity contribution in [2.75, 3.05) is 0 Å². The zero-order chi connectivity index (χ0) is 20.0. The van der Waals surface area contributed by atoms with E-state index in [9.17, 15) is 4.79 Å². The zero-order valence-corrected chi connectivity index (χ0v) is 17.1. The van der Waals surface area contributed by atoms with Crippen LogP contribution in [0.25, 0.3) is 5.57 Å². The number of carbonyl (C=O) groups excluding carboxylic acids is 1. The summed E-state index contributed by atoms with van der Waals surface area (Å²) in [6.07, 6.45) is 1.54. The maximum Gasteiger partial charge on any atom is 0.413 e. The van der Waals surface area contributed by atoms with E-state index in [0.717, 1.165) is 35.1 Å². The number of carbonyl (C=O) groups is 1. The lowest BCUT2D eigenvalue weighted by molar-refractivity contribution is 0.188. The fourth-order valence-corrected chi connectivity index (χ4v) is 2.92. The van der Waals surface area contributed by atoms with Crippen molar-refractivity contribution in [2.45, 2.75) is 53.0 Å². The largest absolute Gasteiger partial charge is 0.413 e. The van der Waals surface area contributed by atoms with Crippen LogP contribution in [-0.2, 0) is 12.0 Å². The number of benzene rings is 2. The van der Waals surface area contributed by atoms with E-state index in [2.05, 4.69) is 31.8 Å². The first-order valence-electron chi connectivity index (χ1n) is 9.57. The first kappa shape index (κ1) is 20.8. The number of ether oxygens (including phenoxy) is 1. The lowest BCUT2D eigenvalue weighted by atomic mass is 9.92. The molecule has 0 spiro atoms. The molecular weight excluding hydrogens is 334 g/mol. The fraction of sp³-hybridized carbons (Fsp3) is 0.375. The molecule has 0 aromatic heterocycles. The van der Waals surface area contributed by atoms with Crippen molar-refractivity contribution in [3.8, 4) is 5.75 Å². The van der Waals surface area contributed by atoms with Gasteiger partial charge in [0.05, 0.1) is 5.54 Å². The van der Waals surface area contributed by atoms with Crippen molar-refractivity contribution in [1.82, 2.24) is 5.32 Å². The van der Waals surface area contributed by atoms with Crippen LogP contribution in [0.4, 0.5) is 4.79 Å². The van der Waals surface area contributed by atoms with E-state index in [0.29, 0.717) is 11.7 Å². The molecule has 2 rings (SSSR count). The molecule has 1 N–H and O–H groups in total. The Morgan fingerprint density at radius 2 is 1.89 bits per heavy atom. The van der Waals surface area contributed by atoms with E-state index >= 15 is 0 Å². The second-order valence-corrected chi connectivity index (χ2v) is 7.83. The molecule has 0 fully saturated rings. The summed E-state index contributed by atoms with van der Waals surface area (Å²) in [5.74, 6) is 1.17. The van der Waals surface area contributed by atoms with Gasteiger partial charge in [-0.2, -0.15) is 0 Å². The summed E-state index contributed by atoms with van der Waals surface area (Å²) in [5.41, 5.74) is 3.56. The van der Waals surface area contributed by atoms with Gasteiger partial charge in [0, 0.05) is 0 Å². The lowest BCUT2D eigenvalue weighted by Crippen LogP contribution is -2.42. The molecule has 0 radical (unpaired) electrons. The topological polar surface area (TPSA) is 38.3 Å². The quantitative estimate of drug-likeness (QED) is 0.622. The van der Waals surface area contributed by atoms with Crippen molar-refractivity contribution in [3.05, 3.63) is 71.8 Å². The summed E-state index contributed by atoms with van der Waals surface area (Å²) in [6, 6.07) is 15.8. The summed E-state index contributed by atoms with van der Waals surface area (Å²) in [5, 5.41) is 2.99. The predicted molar refractivity (Wildman–Crippen MR) is 113 cm³/mol.